The number of benzene rings is 3. The van der Waals surface area contributed by atoms with E-state index in [0.717, 1.165) is 27.9 Å². The number of carbonyl (C=O) groups is 1. The maximum absolute atomic E-state index is 12.2. The van der Waals surface area contributed by atoms with Gasteiger partial charge in [0.1, 0.15) is 12.4 Å². The number of amides is 1. The van der Waals surface area contributed by atoms with Gasteiger partial charge in [-0.3, -0.25) is 4.79 Å². The first-order valence-electron chi connectivity index (χ1n) is 8.49. The Labute approximate surface area is 152 Å². The van der Waals surface area contributed by atoms with Gasteiger partial charge in [0.2, 0.25) is 5.91 Å². The molecule has 134 valence electrons. The van der Waals surface area contributed by atoms with Gasteiger partial charge in [-0.05, 0) is 47.2 Å². The summed E-state index contributed by atoms with van der Waals surface area (Å²) in [7, 11) is 1.64. The number of fused-ring (bicyclic) bond motifs is 1. The number of methoxy groups -OCH3 is 1. The summed E-state index contributed by atoms with van der Waals surface area (Å²) in [5, 5.41) is 8.26. The molecule has 1 amide bonds. The highest BCUT2D eigenvalue weighted by atomic mass is 16.5. The number of nitrogens with one attached hydrogen (secondary N) is 2. The van der Waals surface area contributed by atoms with Crippen molar-refractivity contribution in [1.29, 1.82) is 0 Å². The van der Waals surface area contributed by atoms with Crippen LogP contribution in [0.5, 0.6) is 5.75 Å². The molecule has 0 aliphatic carbocycles. The smallest absolute Gasteiger partial charge is 0.243 e. The van der Waals surface area contributed by atoms with E-state index in [-0.39, 0.29) is 12.5 Å². The summed E-state index contributed by atoms with van der Waals surface area (Å²) in [5.41, 5.74) is 1.65. The van der Waals surface area contributed by atoms with E-state index in [1.807, 2.05) is 66.7 Å². The lowest BCUT2D eigenvalue weighted by Crippen LogP contribution is -2.21. The molecule has 0 spiro atoms. The summed E-state index contributed by atoms with van der Waals surface area (Å²) >= 11 is 0. The minimum absolute atomic E-state index is 0.0966. The number of rotatable bonds is 8. The van der Waals surface area contributed by atoms with Crippen molar-refractivity contribution in [3.63, 3.8) is 0 Å². The van der Waals surface area contributed by atoms with E-state index in [9.17, 15) is 4.79 Å². The molecule has 26 heavy (non-hydrogen) atoms. The zero-order chi connectivity index (χ0) is 18.2. The van der Waals surface area contributed by atoms with E-state index < -0.39 is 0 Å². The van der Waals surface area contributed by atoms with Crippen molar-refractivity contribution in [2.45, 2.75) is 0 Å². The van der Waals surface area contributed by atoms with Crippen LogP contribution in [-0.4, -0.2) is 32.8 Å². The molecule has 0 radical (unpaired) electrons. The zero-order valence-electron chi connectivity index (χ0n) is 14.7. The fourth-order valence-electron chi connectivity index (χ4n) is 2.57. The Morgan fingerprint density at radius 3 is 2.38 bits per heavy atom. The Morgan fingerprint density at radius 2 is 1.62 bits per heavy atom. The van der Waals surface area contributed by atoms with E-state index in [1.54, 1.807) is 7.11 Å². The van der Waals surface area contributed by atoms with E-state index >= 15 is 0 Å². The van der Waals surface area contributed by atoms with Crippen molar-refractivity contribution in [3.05, 3.63) is 66.7 Å². The normalized spacial score (nSPS) is 10.5. The topological polar surface area (TPSA) is 59.6 Å². The molecule has 0 fully saturated rings. The summed E-state index contributed by atoms with van der Waals surface area (Å²) in [6.45, 7) is 1.25. The fourth-order valence-corrected chi connectivity index (χ4v) is 2.57. The molecule has 0 aromatic heterocycles. The minimum Gasteiger partial charge on any atom is -0.491 e. The lowest BCUT2D eigenvalue weighted by atomic mass is 10.1. The van der Waals surface area contributed by atoms with Crippen LogP contribution in [0.4, 0.5) is 11.4 Å². The minimum atomic E-state index is -0.0966. The van der Waals surface area contributed by atoms with Crippen LogP contribution in [0.1, 0.15) is 0 Å². The lowest BCUT2D eigenvalue weighted by molar-refractivity contribution is -0.114. The van der Waals surface area contributed by atoms with Crippen LogP contribution in [0.2, 0.25) is 0 Å². The number of ether oxygens (including phenoxy) is 2. The highest BCUT2D eigenvalue weighted by Crippen LogP contribution is 2.19. The molecule has 0 aliphatic heterocycles. The van der Waals surface area contributed by atoms with Crippen molar-refractivity contribution >= 4 is 28.1 Å². The predicted octanol–water partition coefficient (Wildman–Crippen LogP) is 3.92. The van der Waals surface area contributed by atoms with E-state index in [1.165, 1.54) is 0 Å². The largest absolute Gasteiger partial charge is 0.491 e. The molecule has 5 heteroatoms. The van der Waals surface area contributed by atoms with Crippen molar-refractivity contribution in [1.82, 2.24) is 0 Å². The van der Waals surface area contributed by atoms with Gasteiger partial charge >= 0.3 is 0 Å². The molecule has 5 nitrogen and oxygen atoms in total. The van der Waals surface area contributed by atoms with Gasteiger partial charge in [-0.2, -0.15) is 0 Å². The Balaban J connectivity index is 1.50. The molecule has 3 rings (SSSR count). The first-order valence-corrected chi connectivity index (χ1v) is 8.49. The molecule has 0 saturated carbocycles. The van der Waals surface area contributed by atoms with E-state index in [0.29, 0.717) is 13.2 Å². The highest BCUT2D eigenvalue weighted by molar-refractivity contribution is 5.96. The van der Waals surface area contributed by atoms with Gasteiger partial charge < -0.3 is 20.1 Å². The van der Waals surface area contributed by atoms with Crippen LogP contribution >= 0.6 is 0 Å². The summed E-state index contributed by atoms with van der Waals surface area (Å²) in [6.07, 6.45) is 0. The Morgan fingerprint density at radius 1 is 0.885 bits per heavy atom. The molecule has 2 N–H and O–H groups in total. The van der Waals surface area contributed by atoms with Gasteiger partial charge in [0, 0.05) is 18.5 Å². The first kappa shape index (κ1) is 17.8. The summed E-state index contributed by atoms with van der Waals surface area (Å²) < 4.78 is 10.5. The number of hydrogen-bond donors (Lipinski definition) is 2. The second-order valence-electron chi connectivity index (χ2n) is 5.83. The molecule has 0 heterocycles. The van der Waals surface area contributed by atoms with Gasteiger partial charge in [-0.25, -0.2) is 0 Å². The second kappa shape index (κ2) is 8.87. The van der Waals surface area contributed by atoms with E-state index in [2.05, 4.69) is 10.6 Å². The second-order valence-corrected chi connectivity index (χ2v) is 5.83. The fraction of sp³-hybridized carbons (Fsp3) is 0.190. The van der Waals surface area contributed by atoms with Gasteiger partial charge in [0.25, 0.3) is 0 Å². The number of anilines is 2. The third-order valence-electron chi connectivity index (χ3n) is 3.90. The Hall–Kier alpha value is -3.05. The lowest BCUT2D eigenvalue weighted by Gasteiger charge is -2.10. The molecule has 3 aromatic carbocycles. The van der Waals surface area contributed by atoms with Crippen molar-refractivity contribution in [3.8, 4) is 5.75 Å². The molecular weight excluding hydrogens is 328 g/mol. The molecule has 0 aliphatic rings. The Bertz CT molecular complexity index is 863. The van der Waals surface area contributed by atoms with Crippen LogP contribution in [0.25, 0.3) is 10.8 Å². The van der Waals surface area contributed by atoms with Crippen LogP contribution in [0.15, 0.2) is 66.7 Å². The van der Waals surface area contributed by atoms with Crippen LogP contribution in [0.3, 0.4) is 0 Å². The van der Waals surface area contributed by atoms with Crippen molar-refractivity contribution in [2.24, 2.45) is 0 Å². The average molecular weight is 350 g/mol. The molecule has 0 bridgehead atoms. The SMILES string of the molecule is COCCOc1ccc(NCC(=O)Nc2ccc3ccccc3c2)cc1. The van der Waals surface area contributed by atoms with Gasteiger partial charge in [0.05, 0.1) is 13.2 Å². The third kappa shape index (κ3) is 4.97. The number of carbonyl (C=O) groups excluding carboxylic acids is 1. The van der Waals surface area contributed by atoms with Gasteiger partial charge in [-0.15, -0.1) is 0 Å². The third-order valence-corrected chi connectivity index (χ3v) is 3.90. The summed E-state index contributed by atoms with van der Waals surface area (Å²) in [4.78, 5) is 12.2. The standard InChI is InChI=1S/C21H22N2O3/c1-25-12-13-26-20-10-8-18(9-11-20)22-15-21(24)23-19-7-6-16-4-2-3-5-17(16)14-19/h2-11,14,22H,12-13,15H2,1H3,(H,23,24). The molecule has 0 saturated heterocycles. The summed E-state index contributed by atoms with van der Waals surface area (Å²) in [5.74, 6) is 0.675. The maximum atomic E-state index is 12.2. The molecule has 3 aromatic rings. The summed E-state index contributed by atoms with van der Waals surface area (Å²) in [6, 6.07) is 21.4. The molecule has 0 unspecified atom stereocenters. The van der Waals surface area contributed by atoms with Crippen LogP contribution in [-0.2, 0) is 9.53 Å². The highest BCUT2D eigenvalue weighted by Gasteiger charge is 2.04. The Kier molecular flexibility index (Phi) is 6.06. The average Bonchev–Trinajstić information content (AvgIpc) is 2.67. The van der Waals surface area contributed by atoms with Crippen molar-refractivity contribution < 1.29 is 14.3 Å². The quantitative estimate of drug-likeness (QED) is 0.605. The first-order chi connectivity index (χ1) is 12.7. The van der Waals surface area contributed by atoms with Crippen LogP contribution in [0, 0.1) is 0 Å². The zero-order valence-corrected chi connectivity index (χ0v) is 14.7. The van der Waals surface area contributed by atoms with E-state index in [4.69, 9.17) is 9.47 Å². The van der Waals surface area contributed by atoms with Crippen LogP contribution < -0.4 is 15.4 Å². The number of hydrogen-bond acceptors (Lipinski definition) is 4. The monoisotopic (exact) mass is 350 g/mol. The van der Waals surface area contributed by atoms with Gasteiger partial charge in [0.15, 0.2) is 0 Å². The molecular formula is C21H22N2O3. The molecule has 0 atom stereocenters. The van der Waals surface area contributed by atoms with Gasteiger partial charge in [-0.1, -0.05) is 30.3 Å². The maximum Gasteiger partial charge on any atom is 0.243 e. The van der Waals surface area contributed by atoms with Crippen molar-refractivity contribution in [2.75, 3.05) is 37.5 Å². The predicted molar refractivity (Wildman–Crippen MR) is 105 cm³/mol.